The fourth-order valence-corrected chi connectivity index (χ4v) is 2.10. The van der Waals surface area contributed by atoms with Crippen LogP contribution >= 0.6 is 15.9 Å². The van der Waals surface area contributed by atoms with Gasteiger partial charge in [0.25, 0.3) is 0 Å². The average molecular weight is 308 g/mol. The lowest BCUT2D eigenvalue weighted by Gasteiger charge is -2.19. The third kappa shape index (κ3) is 2.79. The third-order valence-corrected chi connectivity index (χ3v) is 2.98. The molecule has 0 fully saturated rings. The Morgan fingerprint density at radius 1 is 1.22 bits per heavy atom. The minimum absolute atomic E-state index is 0.731. The molecular formula is C13H14BrN3O. The van der Waals surface area contributed by atoms with E-state index in [1.54, 1.807) is 7.11 Å². The van der Waals surface area contributed by atoms with Crippen molar-refractivity contribution in [2.45, 2.75) is 6.92 Å². The molecule has 0 unspecified atom stereocenters. The number of benzene rings is 1. The Morgan fingerprint density at radius 3 is 2.67 bits per heavy atom. The van der Waals surface area contributed by atoms with Crippen molar-refractivity contribution in [1.82, 2.24) is 9.97 Å². The highest BCUT2D eigenvalue weighted by Crippen LogP contribution is 2.26. The molecule has 1 aromatic heterocycles. The Kier molecular flexibility index (Phi) is 3.81. The first kappa shape index (κ1) is 12.8. The zero-order chi connectivity index (χ0) is 13.1. The van der Waals surface area contributed by atoms with Gasteiger partial charge in [-0.05, 0) is 35.0 Å². The van der Waals surface area contributed by atoms with Crippen LogP contribution in [-0.2, 0) is 0 Å². The molecule has 0 atom stereocenters. The molecule has 0 radical (unpaired) electrons. The van der Waals surface area contributed by atoms with Crippen LogP contribution in [0.15, 0.2) is 34.9 Å². The van der Waals surface area contributed by atoms with Crippen molar-refractivity contribution in [3.8, 4) is 5.75 Å². The Bertz CT molecular complexity index is 539. The summed E-state index contributed by atoms with van der Waals surface area (Å²) in [7, 11) is 3.62. The quantitative estimate of drug-likeness (QED) is 0.815. The van der Waals surface area contributed by atoms with E-state index in [0.717, 1.165) is 27.7 Å². The summed E-state index contributed by atoms with van der Waals surface area (Å²) in [5, 5.41) is 0. The van der Waals surface area contributed by atoms with Crippen molar-refractivity contribution < 1.29 is 4.74 Å². The van der Waals surface area contributed by atoms with Gasteiger partial charge in [-0.25, -0.2) is 9.97 Å². The lowest BCUT2D eigenvalue weighted by atomic mass is 10.3. The molecule has 0 bridgehead atoms. The zero-order valence-electron chi connectivity index (χ0n) is 10.5. The van der Waals surface area contributed by atoms with Gasteiger partial charge in [0.2, 0.25) is 0 Å². The predicted molar refractivity (Wildman–Crippen MR) is 75.5 cm³/mol. The van der Waals surface area contributed by atoms with Crippen LogP contribution in [0.1, 0.15) is 5.82 Å². The lowest BCUT2D eigenvalue weighted by Crippen LogP contribution is -2.12. The third-order valence-electron chi connectivity index (χ3n) is 2.58. The van der Waals surface area contributed by atoms with Gasteiger partial charge in [0.15, 0.2) is 0 Å². The number of hydrogen-bond acceptors (Lipinski definition) is 4. The van der Waals surface area contributed by atoms with E-state index in [9.17, 15) is 0 Å². The van der Waals surface area contributed by atoms with E-state index in [-0.39, 0.29) is 0 Å². The molecule has 1 aromatic carbocycles. The number of ether oxygens (including phenoxy) is 1. The summed E-state index contributed by atoms with van der Waals surface area (Å²) in [4.78, 5) is 10.6. The lowest BCUT2D eigenvalue weighted by molar-refractivity contribution is 0.415. The van der Waals surface area contributed by atoms with Crippen LogP contribution in [-0.4, -0.2) is 24.1 Å². The second-order valence-electron chi connectivity index (χ2n) is 3.86. The van der Waals surface area contributed by atoms with E-state index < -0.39 is 0 Å². The number of rotatable bonds is 3. The normalized spacial score (nSPS) is 10.2. The first-order valence-electron chi connectivity index (χ1n) is 5.49. The van der Waals surface area contributed by atoms with Gasteiger partial charge in [0.05, 0.1) is 7.11 Å². The summed E-state index contributed by atoms with van der Waals surface area (Å²) in [6, 6.07) is 9.72. The van der Waals surface area contributed by atoms with Gasteiger partial charge in [-0.3, -0.25) is 0 Å². The molecule has 18 heavy (non-hydrogen) atoms. The highest BCUT2D eigenvalue weighted by molar-refractivity contribution is 9.10. The monoisotopic (exact) mass is 307 g/mol. The summed E-state index contributed by atoms with van der Waals surface area (Å²) < 4.78 is 6.00. The number of aromatic nitrogens is 2. The van der Waals surface area contributed by atoms with Gasteiger partial charge in [-0.1, -0.05) is 6.07 Å². The van der Waals surface area contributed by atoms with Crippen LogP contribution in [0.4, 0.5) is 11.5 Å². The summed E-state index contributed by atoms with van der Waals surface area (Å²) in [5.74, 6) is 2.39. The smallest absolute Gasteiger partial charge is 0.137 e. The molecule has 0 N–H and O–H groups in total. The van der Waals surface area contributed by atoms with Crippen molar-refractivity contribution >= 4 is 27.4 Å². The first-order valence-corrected chi connectivity index (χ1v) is 6.28. The highest BCUT2D eigenvalue weighted by atomic mass is 79.9. The number of nitrogens with zero attached hydrogens (tertiary/aromatic N) is 3. The van der Waals surface area contributed by atoms with Crippen molar-refractivity contribution in [3.05, 3.63) is 40.8 Å². The fraction of sp³-hybridized carbons (Fsp3) is 0.231. The minimum Gasteiger partial charge on any atom is -0.497 e. The number of methoxy groups -OCH3 is 1. The van der Waals surface area contributed by atoms with Gasteiger partial charge in [-0.2, -0.15) is 0 Å². The van der Waals surface area contributed by atoms with E-state index in [4.69, 9.17) is 4.74 Å². The maximum atomic E-state index is 5.22. The van der Waals surface area contributed by atoms with E-state index in [2.05, 4.69) is 25.9 Å². The average Bonchev–Trinajstić information content (AvgIpc) is 2.37. The largest absolute Gasteiger partial charge is 0.497 e. The fourth-order valence-electron chi connectivity index (χ4n) is 1.64. The van der Waals surface area contributed by atoms with Crippen LogP contribution in [0.2, 0.25) is 0 Å². The SMILES string of the molecule is COc1cccc(N(C)c2cc(Br)nc(C)n2)c1. The molecule has 5 heteroatoms. The van der Waals surface area contributed by atoms with Gasteiger partial charge in [-0.15, -0.1) is 0 Å². The van der Waals surface area contributed by atoms with Crippen molar-refractivity contribution in [3.63, 3.8) is 0 Å². The molecule has 2 rings (SSSR count). The van der Waals surface area contributed by atoms with Gasteiger partial charge < -0.3 is 9.64 Å². The zero-order valence-corrected chi connectivity index (χ0v) is 12.1. The van der Waals surface area contributed by atoms with Crippen LogP contribution in [0, 0.1) is 6.92 Å². The Hall–Kier alpha value is -1.62. The maximum Gasteiger partial charge on any atom is 0.137 e. The second kappa shape index (κ2) is 5.35. The molecule has 4 nitrogen and oxygen atoms in total. The number of anilines is 2. The van der Waals surface area contributed by atoms with Gasteiger partial charge in [0, 0.05) is 24.9 Å². The molecule has 94 valence electrons. The van der Waals surface area contributed by atoms with Crippen LogP contribution < -0.4 is 9.64 Å². The topological polar surface area (TPSA) is 38.2 Å². The summed E-state index contributed by atoms with van der Waals surface area (Å²) >= 11 is 3.38. The predicted octanol–water partition coefficient (Wildman–Crippen LogP) is 3.32. The van der Waals surface area contributed by atoms with E-state index in [1.165, 1.54) is 0 Å². The highest BCUT2D eigenvalue weighted by Gasteiger charge is 2.08. The molecular weight excluding hydrogens is 294 g/mol. The van der Waals surface area contributed by atoms with E-state index in [0.29, 0.717) is 0 Å². The van der Waals surface area contributed by atoms with Crippen LogP contribution in [0.5, 0.6) is 5.75 Å². The Balaban J connectivity index is 2.37. The van der Waals surface area contributed by atoms with Crippen molar-refractivity contribution in [2.24, 2.45) is 0 Å². The second-order valence-corrected chi connectivity index (χ2v) is 4.67. The molecule has 0 aliphatic rings. The minimum atomic E-state index is 0.731. The van der Waals surface area contributed by atoms with E-state index in [1.807, 2.05) is 49.2 Å². The summed E-state index contributed by atoms with van der Waals surface area (Å²) in [6.07, 6.45) is 0. The number of aryl methyl sites for hydroxylation is 1. The molecule has 0 spiro atoms. The molecule has 0 amide bonds. The van der Waals surface area contributed by atoms with Gasteiger partial charge in [0.1, 0.15) is 22.0 Å². The Labute approximate surface area is 115 Å². The Morgan fingerprint density at radius 2 is 2.00 bits per heavy atom. The maximum absolute atomic E-state index is 5.22. The molecule has 0 saturated carbocycles. The van der Waals surface area contributed by atoms with Crippen molar-refractivity contribution in [1.29, 1.82) is 0 Å². The molecule has 0 aliphatic carbocycles. The molecule has 2 aromatic rings. The van der Waals surface area contributed by atoms with Crippen LogP contribution in [0.3, 0.4) is 0 Å². The van der Waals surface area contributed by atoms with Crippen molar-refractivity contribution in [2.75, 3.05) is 19.1 Å². The van der Waals surface area contributed by atoms with Gasteiger partial charge >= 0.3 is 0 Å². The molecule has 0 aliphatic heterocycles. The molecule has 1 heterocycles. The van der Waals surface area contributed by atoms with Crippen LogP contribution in [0.25, 0.3) is 0 Å². The standard InChI is InChI=1S/C13H14BrN3O/c1-9-15-12(14)8-13(16-9)17(2)10-5-4-6-11(7-10)18-3/h4-8H,1-3H3. The first-order chi connectivity index (χ1) is 8.60. The number of hydrogen-bond donors (Lipinski definition) is 0. The summed E-state index contributed by atoms with van der Waals surface area (Å²) in [5.41, 5.74) is 1.01. The van der Waals surface area contributed by atoms with E-state index >= 15 is 0 Å². The molecule has 0 saturated heterocycles. The summed E-state index contributed by atoms with van der Waals surface area (Å²) in [6.45, 7) is 1.87. The number of halogens is 1.